The monoisotopic (exact) mass is 376 g/mol. The van der Waals surface area contributed by atoms with Gasteiger partial charge in [-0.05, 0) is 39.5 Å². The highest BCUT2D eigenvalue weighted by Crippen LogP contribution is 2.32. The third kappa shape index (κ3) is 5.36. The molecule has 1 aliphatic rings. The number of halogens is 4. The second-order valence-corrected chi connectivity index (χ2v) is 6.91. The van der Waals surface area contributed by atoms with E-state index >= 15 is 0 Å². The molecule has 1 aromatic heterocycles. The molecule has 0 radical (unpaired) electrons. The van der Waals surface area contributed by atoms with Gasteiger partial charge >= 0.3 is 6.18 Å². The van der Waals surface area contributed by atoms with Gasteiger partial charge in [-0.3, -0.25) is 0 Å². The largest absolute Gasteiger partial charge is 0.391 e. The number of alkyl halides is 3. The van der Waals surface area contributed by atoms with Crippen molar-refractivity contribution < 1.29 is 22.7 Å². The van der Waals surface area contributed by atoms with Gasteiger partial charge in [0.25, 0.3) is 0 Å². The van der Waals surface area contributed by atoms with Gasteiger partial charge in [0.2, 0.25) is 5.95 Å². The van der Waals surface area contributed by atoms with Crippen LogP contribution in [0.1, 0.15) is 58.1 Å². The summed E-state index contributed by atoms with van der Waals surface area (Å²) in [4.78, 5) is 12.5. The topological polar surface area (TPSA) is 70.9 Å². The number of allylic oxidation sites excluding steroid dienone is 1. The van der Waals surface area contributed by atoms with Crippen LogP contribution in [0.25, 0.3) is 5.57 Å². The number of anilines is 1. The van der Waals surface area contributed by atoms with Crippen LogP contribution in [-0.4, -0.2) is 38.4 Å². The molecular weight excluding hydrogens is 352 g/mol. The van der Waals surface area contributed by atoms with E-state index in [1.54, 1.807) is 0 Å². The zero-order chi connectivity index (χ0) is 19.5. The Morgan fingerprint density at radius 3 is 2.50 bits per heavy atom. The zero-order valence-electron chi connectivity index (χ0n) is 15.1. The van der Waals surface area contributed by atoms with Gasteiger partial charge < -0.3 is 10.4 Å². The van der Waals surface area contributed by atoms with Crippen molar-refractivity contribution in [2.75, 3.05) is 5.32 Å². The molecule has 146 valence electrons. The number of aromatic nitrogens is 3. The predicted octanol–water partition coefficient (Wildman–Crippen LogP) is 4.05. The lowest BCUT2D eigenvalue weighted by Crippen LogP contribution is -2.21. The second-order valence-electron chi connectivity index (χ2n) is 6.91. The molecule has 2 N–H and O–H groups in total. The van der Waals surface area contributed by atoms with Gasteiger partial charge in [-0.25, -0.2) is 9.37 Å². The molecule has 0 saturated heterocycles. The van der Waals surface area contributed by atoms with Crippen molar-refractivity contribution in [3.8, 4) is 0 Å². The first-order valence-corrected chi connectivity index (χ1v) is 8.73. The lowest BCUT2D eigenvalue weighted by atomic mass is 9.95. The van der Waals surface area contributed by atoms with Crippen molar-refractivity contribution in [2.24, 2.45) is 5.92 Å². The minimum absolute atomic E-state index is 0.000421. The Morgan fingerprint density at radius 2 is 1.88 bits per heavy atom. The fourth-order valence-electron chi connectivity index (χ4n) is 2.64. The molecule has 0 aromatic carbocycles. The number of hydrogen-bond acceptors (Lipinski definition) is 5. The van der Waals surface area contributed by atoms with Gasteiger partial charge in [0.05, 0.1) is 5.92 Å². The van der Waals surface area contributed by atoms with Gasteiger partial charge in [0.15, 0.2) is 5.82 Å². The molecule has 1 heterocycles. The van der Waals surface area contributed by atoms with Crippen molar-refractivity contribution in [3.63, 3.8) is 0 Å². The molecule has 1 aromatic rings. The number of nitrogens with one attached hydrogen (secondary N) is 1. The Balaban J connectivity index is 2.32. The highest BCUT2D eigenvalue weighted by molar-refractivity contribution is 5.64. The Morgan fingerprint density at radius 1 is 1.19 bits per heavy atom. The third-order valence-electron chi connectivity index (χ3n) is 4.21. The molecule has 0 fully saturated rings. The van der Waals surface area contributed by atoms with Crippen molar-refractivity contribution in [3.05, 3.63) is 17.5 Å². The molecule has 2 atom stereocenters. The second kappa shape index (κ2) is 8.28. The first-order chi connectivity index (χ1) is 12.1. The molecule has 0 amide bonds. The van der Waals surface area contributed by atoms with Gasteiger partial charge in [0.1, 0.15) is 17.8 Å². The molecule has 0 bridgehead atoms. The molecule has 2 rings (SSSR count). The Kier molecular flexibility index (Phi) is 6.54. The van der Waals surface area contributed by atoms with E-state index in [4.69, 9.17) is 0 Å². The van der Waals surface area contributed by atoms with E-state index in [2.05, 4.69) is 20.3 Å². The summed E-state index contributed by atoms with van der Waals surface area (Å²) in [5, 5.41) is 12.7. The maximum absolute atomic E-state index is 14.3. The van der Waals surface area contributed by atoms with E-state index in [0.717, 1.165) is 6.92 Å². The van der Waals surface area contributed by atoms with Crippen LogP contribution < -0.4 is 5.32 Å². The Hall–Kier alpha value is -1.77. The molecule has 26 heavy (non-hydrogen) atoms. The maximum atomic E-state index is 14.3. The number of rotatable bonds is 6. The molecule has 5 nitrogen and oxygen atoms in total. The summed E-state index contributed by atoms with van der Waals surface area (Å²) in [7, 11) is 0. The molecule has 0 unspecified atom stereocenters. The quantitative estimate of drug-likeness (QED) is 0.733. The normalized spacial score (nSPS) is 19.8. The minimum atomic E-state index is -4.28. The van der Waals surface area contributed by atoms with Crippen LogP contribution in [0.2, 0.25) is 0 Å². The van der Waals surface area contributed by atoms with E-state index in [9.17, 15) is 22.7 Å². The Labute approximate surface area is 150 Å². The van der Waals surface area contributed by atoms with Crippen LogP contribution in [0.3, 0.4) is 0 Å². The number of aryl methyl sites for hydroxylation is 1. The average Bonchev–Trinajstić information content (AvgIpc) is 2.53. The van der Waals surface area contributed by atoms with Crippen LogP contribution in [0.4, 0.5) is 23.5 Å². The third-order valence-corrected chi connectivity index (χ3v) is 4.21. The van der Waals surface area contributed by atoms with Crippen molar-refractivity contribution in [2.45, 2.75) is 71.2 Å². The van der Waals surface area contributed by atoms with E-state index in [1.807, 2.05) is 13.8 Å². The van der Waals surface area contributed by atoms with Gasteiger partial charge in [-0.1, -0.05) is 6.92 Å². The van der Waals surface area contributed by atoms with Gasteiger partial charge in [-0.2, -0.15) is 23.1 Å². The van der Waals surface area contributed by atoms with Crippen LogP contribution in [0.5, 0.6) is 0 Å². The smallest absolute Gasteiger partial charge is 0.386 e. The molecule has 0 spiro atoms. The fraction of sp³-hybridized carbons (Fsp3) is 0.706. The summed E-state index contributed by atoms with van der Waals surface area (Å²) in [5.74, 6) is -1.71. The summed E-state index contributed by atoms with van der Waals surface area (Å²) >= 11 is 0. The number of nitrogens with zero attached hydrogens (tertiary/aromatic N) is 3. The summed E-state index contributed by atoms with van der Waals surface area (Å²) < 4.78 is 52.4. The zero-order valence-corrected chi connectivity index (χ0v) is 15.1. The number of hydrogen-bond donors (Lipinski definition) is 2. The number of aliphatic hydroxyl groups excluding tert-OH is 1. The Bertz CT molecular complexity index is 661. The molecule has 9 heteroatoms. The van der Waals surface area contributed by atoms with Crippen LogP contribution in [-0.2, 0) is 6.42 Å². The first kappa shape index (κ1) is 20.5. The predicted molar refractivity (Wildman–Crippen MR) is 90.0 cm³/mol. The SMILES string of the molecule is CC(C)Nc1nc(CC[C@@H](C)C(F)(F)F)nc(C2=C(F)[C@H](O)CCC2)n1. The fourth-order valence-corrected chi connectivity index (χ4v) is 2.64. The van der Waals surface area contributed by atoms with Crippen LogP contribution >= 0.6 is 0 Å². The minimum Gasteiger partial charge on any atom is -0.386 e. The lowest BCUT2D eigenvalue weighted by Gasteiger charge is -2.20. The molecule has 1 aliphatic carbocycles. The van der Waals surface area contributed by atoms with E-state index in [1.165, 1.54) is 0 Å². The standard InChI is InChI=1S/C17H24F4N4O/c1-9(2)22-16-24-13(8-7-10(3)17(19,20)21)23-15(25-16)11-5-4-6-12(26)14(11)18/h9-10,12,26H,4-8H2,1-3H3,(H,22,23,24,25)/t10-,12-/m1/s1. The summed E-state index contributed by atoms with van der Waals surface area (Å²) in [6.07, 6.45) is -4.36. The highest BCUT2D eigenvalue weighted by Gasteiger charge is 2.35. The van der Waals surface area contributed by atoms with Gasteiger partial charge in [-0.15, -0.1) is 0 Å². The first-order valence-electron chi connectivity index (χ1n) is 8.73. The maximum Gasteiger partial charge on any atom is 0.391 e. The van der Waals surface area contributed by atoms with Crippen molar-refractivity contribution in [1.82, 2.24) is 15.0 Å². The van der Waals surface area contributed by atoms with E-state index < -0.39 is 24.0 Å². The van der Waals surface area contributed by atoms with Crippen molar-refractivity contribution >= 4 is 11.5 Å². The summed E-state index contributed by atoms with van der Waals surface area (Å²) in [6.45, 7) is 4.83. The number of aliphatic hydroxyl groups is 1. The van der Waals surface area contributed by atoms with Crippen LogP contribution in [0.15, 0.2) is 5.83 Å². The summed E-state index contributed by atoms with van der Waals surface area (Å²) in [6, 6.07) is -0.0111. The van der Waals surface area contributed by atoms with Gasteiger partial charge in [0, 0.05) is 18.0 Å². The lowest BCUT2D eigenvalue weighted by molar-refractivity contribution is -0.171. The van der Waals surface area contributed by atoms with E-state index in [-0.39, 0.29) is 42.1 Å². The summed E-state index contributed by atoms with van der Waals surface area (Å²) in [5.41, 5.74) is 0.197. The average molecular weight is 376 g/mol. The van der Waals surface area contributed by atoms with E-state index in [0.29, 0.717) is 19.3 Å². The highest BCUT2D eigenvalue weighted by atomic mass is 19.4. The molecule has 0 saturated carbocycles. The molecule has 0 aliphatic heterocycles. The van der Waals surface area contributed by atoms with Crippen molar-refractivity contribution in [1.29, 1.82) is 0 Å². The molecular formula is C17H24F4N4O. The van der Waals surface area contributed by atoms with Crippen LogP contribution in [0, 0.1) is 5.92 Å².